The van der Waals surface area contributed by atoms with Gasteiger partial charge in [-0.15, -0.1) is 0 Å². The molecule has 1 aromatic carbocycles. The summed E-state index contributed by atoms with van der Waals surface area (Å²) in [5.41, 5.74) is 5.50. The topological polar surface area (TPSA) is 95.0 Å². The number of hydrogen-bond acceptors (Lipinski definition) is 7. The summed E-state index contributed by atoms with van der Waals surface area (Å²) in [6, 6.07) is 10.3. The van der Waals surface area contributed by atoms with Crippen LogP contribution in [-0.2, 0) is 6.42 Å². The van der Waals surface area contributed by atoms with Gasteiger partial charge in [-0.05, 0) is 49.6 Å². The molecule has 8 heteroatoms. The van der Waals surface area contributed by atoms with Crippen molar-refractivity contribution >= 4 is 38.0 Å². The SMILES string of the molecule is CC(=NO)c1ccn2c(Cc3ccc4nc(NC5CCCCC5O)sc4c3)cnc2c1. The summed E-state index contributed by atoms with van der Waals surface area (Å²) in [7, 11) is 0. The van der Waals surface area contributed by atoms with Gasteiger partial charge in [0.05, 0.1) is 28.1 Å². The first-order valence-corrected chi connectivity index (χ1v) is 11.4. The molecule has 0 bridgehead atoms. The van der Waals surface area contributed by atoms with E-state index in [0.717, 1.165) is 64.4 Å². The zero-order valence-corrected chi connectivity index (χ0v) is 18.1. The number of hydrogen-bond donors (Lipinski definition) is 3. The predicted octanol–water partition coefficient (Wildman–Crippen LogP) is 4.45. The summed E-state index contributed by atoms with van der Waals surface area (Å²) in [5.74, 6) is 0. The second kappa shape index (κ2) is 8.28. The van der Waals surface area contributed by atoms with Crippen LogP contribution in [0.25, 0.3) is 15.9 Å². The monoisotopic (exact) mass is 435 g/mol. The van der Waals surface area contributed by atoms with Crippen molar-refractivity contribution in [3.63, 3.8) is 0 Å². The van der Waals surface area contributed by atoms with E-state index in [1.54, 1.807) is 18.3 Å². The Hall–Kier alpha value is -2.97. The molecule has 2 unspecified atom stereocenters. The molecule has 1 aliphatic rings. The number of aromatic nitrogens is 3. The van der Waals surface area contributed by atoms with Crippen molar-refractivity contribution in [2.24, 2.45) is 5.16 Å². The van der Waals surface area contributed by atoms with E-state index in [0.29, 0.717) is 5.71 Å². The van der Waals surface area contributed by atoms with E-state index in [1.165, 1.54) is 5.56 Å². The number of rotatable bonds is 5. The van der Waals surface area contributed by atoms with Gasteiger partial charge >= 0.3 is 0 Å². The maximum Gasteiger partial charge on any atom is 0.184 e. The van der Waals surface area contributed by atoms with Gasteiger partial charge in [-0.3, -0.25) is 0 Å². The number of anilines is 1. The number of fused-ring (bicyclic) bond motifs is 2. The third-order valence-electron chi connectivity index (χ3n) is 6.03. The number of aliphatic hydroxyl groups is 1. The van der Waals surface area contributed by atoms with Gasteiger partial charge in [-0.2, -0.15) is 0 Å². The lowest BCUT2D eigenvalue weighted by Crippen LogP contribution is -2.36. The van der Waals surface area contributed by atoms with Gasteiger partial charge in [0.25, 0.3) is 0 Å². The minimum Gasteiger partial charge on any atom is -0.411 e. The van der Waals surface area contributed by atoms with Crippen LogP contribution < -0.4 is 5.32 Å². The molecule has 4 aromatic rings. The Labute approximate surface area is 184 Å². The Kier molecular flexibility index (Phi) is 5.33. The van der Waals surface area contributed by atoms with Crippen LogP contribution in [-0.4, -0.2) is 42.5 Å². The fraction of sp³-hybridized carbons (Fsp3) is 0.348. The molecular weight excluding hydrogens is 410 g/mol. The van der Waals surface area contributed by atoms with Crippen molar-refractivity contribution in [3.05, 3.63) is 59.5 Å². The Morgan fingerprint density at radius 1 is 1.26 bits per heavy atom. The molecule has 3 N–H and O–H groups in total. The van der Waals surface area contributed by atoms with Gasteiger partial charge in [0.1, 0.15) is 5.65 Å². The van der Waals surface area contributed by atoms with Crippen molar-refractivity contribution < 1.29 is 10.3 Å². The first-order chi connectivity index (χ1) is 15.1. The molecule has 2 atom stereocenters. The molecule has 1 aliphatic carbocycles. The highest BCUT2D eigenvalue weighted by Gasteiger charge is 2.23. The van der Waals surface area contributed by atoms with E-state index in [-0.39, 0.29) is 12.1 Å². The number of oxime groups is 1. The fourth-order valence-electron chi connectivity index (χ4n) is 4.23. The van der Waals surface area contributed by atoms with Crippen LogP contribution in [0.15, 0.2) is 47.9 Å². The molecule has 31 heavy (non-hydrogen) atoms. The molecule has 1 fully saturated rings. The molecular formula is C23H25N5O2S. The number of nitrogens with one attached hydrogen (secondary N) is 1. The molecule has 7 nitrogen and oxygen atoms in total. The third-order valence-corrected chi connectivity index (χ3v) is 6.98. The average Bonchev–Trinajstić information content (AvgIpc) is 3.37. The standard InChI is InChI=1S/C23H25N5O2S/c1-14(27-30)16-8-9-28-17(13-24-22(28)12-16)10-15-6-7-19-21(11-15)31-23(26-19)25-18-4-2-3-5-20(18)29/h6-9,11-13,18,20,29-30H,2-5,10H2,1H3,(H,25,26). The van der Waals surface area contributed by atoms with E-state index >= 15 is 0 Å². The minimum atomic E-state index is -0.292. The van der Waals surface area contributed by atoms with Crippen molar-refractivity contribution in [3.8, 4) is 0 Å². The average molecular weight is 436 g/mol. The van der Waals surface area contributed by atoms with Crippen LogP contribution in [0.4, 0.5) is 5.13 Å². The minimum absolute atomic E-state index is 0.0938. The number of pyridine rings is 1. The summed E-state index contributed by atoms with van der Waals surface area (Å²) in [4.78, 5) is 9.22. The summed E-state index contributed by atoms with van der Waals surface area (Å²) in [6.07, 6.45) is 8.41. The van der Waals surface area contributed by atoms with Gasteiger partial charge < -0.3 is 20.0 Å². The second-order valence-electron chi connectivity index (χ2n) is 8.18. The van der Waals surface area contributed by atoms with E-state index in [2.05, 4.69) is 38.1 Å². The van der Waals surface area contributed by atoms with Gasteiger partial charge in [0.2, 0.25) is 0 Å². The zero-order valence-electron chi connectivity index (χ0n) is 17.3. The molecule has 0 amide bonds. The molecule has 0 radical (unpaired) electrons. The van der Waals surface area contributed by atoms with Gasteiger partial charge in [-0.25, -0.2) is 9.97 Å². The maximum absolute atomic E-state index is 10.2. The quantitative estimate of drug-likeness (QED) is 0.245. The molecule has 3 heterocycles. The Morgan fingerprint density at radius 2 is 2.13 bits per heavy atom. The predicted molar refractivity (Wildman–Crippen MR) is 124 cm³/mol. The number of imidazole rings is 1. The third kappa shape index (κ3) is 4.00. The summed E-state index contributed by atoms with van der Waals surface area (Å²) in [6.45, 7) is 1.76. The van der Waals surface area contributed by atoms with E-state index < -0.39 is 0 Å². The number of thiazole rings is 1. The number of aliphatic hydroxyl groups excluding tert-OH is 1. The van der Waals surface area contributed by atoms with Crippen molar-refractivity contribution in [2.75, 3.05) is 5.32 Å². The summed E-state index contributed by atoms with van der Waals surface area (Å²) in [5, 5.41) is 26.8. The van der Waals surface area contributed by atoms with E-state index in [9.17, 15) is 5.11 Å². The first kappa shape index (κ1) is 20.0. The summed E-state index contributed by atoms with van der Waals surface area (Å²) < 4.78 is 3.19. The first-order valence-electron chi connectivity index (χ1n) is 10.6. The largest absolute Gasteiger partial charge is 0.411 e. The van der Waals surface area contributed by atoms with Crippen molar-refractivity contribution in [1.82, 2.24) is 14.4 Å². The molecule has 3 aromatic heterocycles. The molecule has 1 saturated carbocycles. The highest BCUT2D eigenvalue weighted by Crippen LogP contribution is 2.30. The van der Waals surface area contributed by atoms with E-state index in [4.69, 9.17) is 10.2 Å². The Bertz CT molecular complexity index is 1260. The molecule has 0 spiro atoms. The highest BCUT2D eigenvalue weighted by molar-refractivity contribution is 7.22. The zero-order chi connectivity index (χ0) is 21.4. The number of benzene rings is 1. The fourth-order valence-corrected chi connectivity index (χ4v) is 5.23. The van der Waals surface area contributed by atoms with Gasteiger partial charge in [0, 0.05) is 30.1 Å². The lowest BCUT2D eigenvalue weighted by molar-refractivity contribution is 0.116. The van der Waals surface area contributed by atoms with Crippen LogP contribution in [0.1, 0.15) is 49.4 Å². The molecule has 0 aliphatic heterocycles. The van der Waals surface area contributed by atoms with Crippen molar-refractivity contribution in [1.29, 1.82) is 0 Å². The van der Waals surface area contributed by atoms with Crippen LogP contribution in [0.2, 0.25) is 0 Å². The molecule has 0 saturated heterocycles. The van der Waals surface area contributed by atoms with Crippen LogP contribution in [0.3, 0.4) is 0 Å². The summed E-state index contributed by atoms with van der Waals surface area (Å²) >= 11 is 1.64. The van der Waals surface area contributed by atoms with Gasteiger partial charge in [0.15, 0.2) is 5.13 Å². The normalized spacial score (nSPS) is 19.9. The van der Waals surface area contributed by atoms with Crippen LogP contribution >= 0.6 is 11.3 Å². The lowest BCUT2D eigenvalue weighted by atomic mass is 9.93. The Morgan fingerprint density at radius 3 is 2.97 bits per heavy atom. The highest BCUT2D eigenvalue weighted by atomic mass is 32.1. The van der Waals surface area contributed by atoms with Crippen LogP contribution in [0, 0.1) is 0 Å². The number of nitrogens with zero attached hydrogens (tertiary/aromatic N) is 4. The van der Waals surface area contributed by atoms with Crippen molar-refractivity contribution in [2.45, 2.75) is 51.2 Å². The molecule has 5 rings (SSSR count). The Balaban J connectivity index is 1.37. The van der Waals surface area contributed by atoms with Gasteiger partial charge in [-0.1, -0.05) is 35.4 Å². The molecule has 160 valence electrons. The van der Waals surface area contributed by atoms with Crippen LogP contribution in [0.5, 0.6) is 0 Å². The maximum atomic E-state index is 10.2. The smallest absolute Gasteiger partial charge is 0.184 e. The second-order valence-corrected chi connectivity index (χ2v) is 9.21. The lowest BCUT2D eigenvalue weighted by Gasteiger charge is -2.27. The van der Waals surface area contributed by atoms with E-state index in [1.807, 2.05) is 24.5 Å².